The van der Waals surface area contributed by atoms with Gasteiger partial charge in [0.25, 0.3) is 0 Å². The highest BCUT2D eigenvalue weighted by atomic mass is 15.1. The second-order valence-electron chi connectivity index (χ2n) is 3.29. The summed E-state index contributed by atoms with van der Waals surface area (Å²) in [4.78, 5) is 2.19. The topological polar surface area (TPSA) is 29.3 Å². The molecule has 0 bridgehead atoms. The van der Waals surface area contributed by atoms with Gasteiger partial charge in [-0.05, 0) is 5.92 Å². The van der Waals surface area contributed by atoms with Gasteiger partial charge in [0.2, 0.25) is 0 Å². The second-order valence-corrected chi connectivity index (χ2v) is 3.29. The van der Waals surface area contributed by atoms with Crippen LogP contribution in [0.5, 0.6) is 0 Å². The Labute approximate surface area is 62.7 Å². The molecule has 1 aliphatic rings. The predicted octanol–water partition coefficient (Wildman–Crippen LogP) is 0.799. The van der Waals surface area contributed by atoms with Crippen molar-refractivity contribution in [3.05, 3.63) is 12.3 Å². The quantitative estimate of drug-likeness (QED) is 0.539. The molecule has 0 amide bonds. The minimum Gasteiger partial charge on any atom is -0.378 e. The van der Waals surface area contributed by atoms with Crippen LogP contribution in [0.2, 0.25) is 0 Å². The van der Waals surface area contributed by atoms with Gasteiger partial charge in [0.1, 0.15) is 0 Å². The van der Waals surface area contributed by atoms with Crippen molar-refractivity contribution in [2.75, 3.05) is 13.6 Å². The summed E-state index contributed by atoms with van der Waals surface area (Å²) >= 11 is 0. The van der Waals surface area contributed by atoms with E-state index in [2.05, 4.69) is 25.5 Å². The van der Waals surface area contributed by atoms with E-state index in [-0.39, 0.29) is 0 Å². The van der Waals surface area contributed by atoms with Crippen LogP contribution in [0.4, 0.5) is 0 Å². The summed E-state index contributed by atoms with van der Waals surface area (Å²) < 4.78 is 0. The molecule has 0 aliphatic carbocycles. The molecule has 0 aromatic rings. The minimum absolute atomic E-state index is 0.323. The highest BCUT2D eigenvalue weighted by Crippen LogP contribution is 2.20. The zero-order valence-corrected chi connectivity index (χ0v) is 6.80. The van der Waals surface area contributed by atoms with Gasteiger partial charge in [-0.1, -0.05) is 13.5 Å². The van der Waals surface area contributed by atoms with Gasteiger partial charge in [0.05, 0.1) is 0 Å². The molecule has 2 unspecified atom stereocenters. The number of hydrogen-bond acceptors (Lipinski definition) is 2. The largest absolute Gasteiger partial charge is 0.378 e. The summed E-state index contributed by atoms with van der Waals surface area (Å²) in [6.07, 6.45) is 0.956. The van der Waals surface area contributed by atoms with E-state index in [0.29, 0.717) is 12.0 Å². The maximum Gasteiger partial charge on any atom is 0.0212 e. The molecule has 10 heavy (non-hydrogen) atoms. The molecule has 1 aliphatic heterocycles. The zero-order valence-electron chi connectivity index (χ0n) is 6.80. The van der Waals surface area contributed by atoms with E-state index < -0.39 is 0 Å². The van der Waals surface area contributed by atoms with Crippen LogP contribution in [0, 0.1) is 5.92 Å². The molecule has 0 saturated carbocycles. The lowest BCUT2D eigenvalue weighted by molar-refractivity contribution is 0.250. The summed E-state index contributed by atoms with van der Waals surface area (Å²) in [5, 5.41) is 0. The van der Waals surface area contributed by atoms with Gasteiger partial charge in [-0.15, -0.1) is 0 Å². The number of rotatable bonds is 0. The van der Waals surface area contributed by atoms with Crippen molar-refractivity contribution in [3.63, 3.8) is 0 Å². The fourth-order valence-corrected chi connectivity index (χ4v) is 1.33. The summed E-state index contributed by atoms with van der Waals surface area (Å²) in [7, 11) is 2.07. The normalized spacial score (nSPS) is 34.7. The summed E-state index contributed by atoms with van der Waals surface area (Å²) in [6.45, 7) is 7.17. The molecule has 1 heterocycles. The van der Waals surface area contributed by atoms with Crippen molar-refractivity contribution in [3.8, 4) is 0 Å². The lowest BCUT2D eigenvalue weighted by atomic mass is 9.93. The standard InChI is InChI=1S/C8H16N2/c1-6-5-10(3)7(2)4-8(6)9/h6,8H,2,4-5,9H2,1,3H3. The minimum atomic E-state index is 0.323. The molecule has 0 aromatic heterocycles. The molecule has 58 valence electrons. The fourth-order valence-electron chi connectivity index (χ4n) is 1.33. The second kappa shape index (κ2) is 2.62. The van der Waals surface area contributed by atoms with E-state index >= 15 is 0 Å². The Morgan fingerprint density at radius 3 is 2.80 bits per heavy atom. The van der Waals surface area contributed by atoms with Gasteiger partial charge in [0.15, 0.2) is 0 Å². The lowest BCUT2D eigenvalue weighted by Crippen LogP contribution is -2.42. The molecule has 2 N–H and O–H groups in total. The first-order chi connectivity index (χ1) is 4.61. The first-order valence-electron chi connectivity index (χ1n) is 3.75. The lowest BCUT2D eigenvalue weighted by Gasteiger charge is -2.35. The van der Waals surface area contributed by atoms with Crippen LogP contribution in [0.1, 0.15) is 13.3 Å². The van der Waals surface area contributed by atoms with Crippen LogP contribution in [0.3, 0.4) is 0 Å². The van der Waals surface area contributed by atoms with Crippen LogP contribution in [0.15, 0.2) is 12.3 Å². The Bertz CT molecular complexity index is 142. The average Bonchev–Trinajstić information content (AvgIpc) is 1.84. The first kappa shape index (κ1) is 7.61. The van der Waals surface area contributed by atoms with E-state index in [1.54, 1.807) is 0 Å². The molecule has 0 aromatic carbocycles. The smallest absolute Gasteiger partial charge is 0.0212 e. The highest BCUT2D eigenvalue weighted by molar-refractivity contribution is 5.01. The monoisotopic (exact) mass is 140 g/mol. The third-order valence-electron chi connectivity index (χ3n) is 2.30. The van der Waals surface area contributed by atoms with Crippen molar-refractivity contribution in [2.24, 2.45) is 11.7 Å². The van der Waals surface area contributed by atoms with Gasteiger partial charge in [0, 0.05) is 31.8 Å². The molecule has 1 saturated heterocycles. The Morgan fingerprint density at radius 1 is 1.70 bits per heavy atom. The Balaban J connectivity index is 2.54. The van der Waals surface area contributed by atoms with Gasteiger partial charge in [-0.3, -0.25) is 0 Å². The van der Waals surface area contributed by atoms with E-state index in [1.165, 1.54) is 5.70 Å². The van der Waals surface area contributed by atoms with Crippen LogP contribution >= 0.6 is 0 Å². The van der Waals surface area contributed by atoms with Crippen LogP contribution in [-0.2, 0) is 0 Å². The molecule has 1 fully saturated rings. The Morgan fingerprint density at radius 2 is 2.30 bits per heavy atom. The summed E-state index contributed by atoms with van der Waals surface area (Å²) in [5.41, 5.74) is 7.02. The molecule has 0 spiro atoms. The molecule has 2 atom stereocenters. The van der Waals surface area contributed by atoms with Crippen LogP contribution in [-0.4, -0.2) is 24.5 Å². The SMILES string of the molecule is C=C1CC(N)C(C)CN1C. The molecule has 2 heteroatoms. The molecule has 1 rings (SSSR count). The molecular formula is C8H16N2. The highest BCUT2D eigenvalue weighted by Gasteiger charge is 2.22. The van der Waals surface area contributed by atoms with E-state index in [4.69, 9.17) is 5.73 Å². The number of nitrogens with two attached hydrogens (primary N) is 1. The summed E-state index contributed by atoms with van der Waals surface area (Å²) in [6, 6.07) is 0.323. The van der Waals surface area contributed by atoms with Gasteiger partial charge in [-0.25, -0.2) is 0 Å². The maximum absolute atomic E-state index is 5.84. The Kier molecular flexibility index (Phi) is 2.00. The maximum atomic E-state index is 5.84. The van der Waals surface area contributed by atoms with E-state index in [1.807, 2.05) is 0 Å². The summed E-state index contributed by atoms with van der Waals surface area (Å²) in [5.74, 6) is 0.607. The van der Waals surface area contributed by atoms with Gasteiger partial charge in [-0.2, -0.15) is 0 Å². The van der Waals surface area contributed by atoms with Crippen molar-refractivity contribution in [1.29, 1.82) is 0 Å². The zero-order chi connectivity index (χ0) is 7.72. The Hall–Kier alpha value is -0.500. The first-order valence-corrected chi connectivity index (χ1v) is 3.75. The number of hydrogen-bond donors (Lipinski definition) is 1. The molecular weight excluding hydrogens is 124 g/mol. The average molecular weight is 140 g/mol. The van der Waals surface area contributed by atoms with Crippen LogP contribution in [0.25, 0.3) is 0 Å². The molecule has 2 nitrogen and oxygen atoms in total. The number of nitrogens with zero attached hydrogens (tertiary/aromatic N) is 1. The fraction of sp³-hybridized carbons (Fsp3) is 0.750. The van der Waals surface area contributed by atoms with Crippen molar-refractivity contribution < 1.29 is 0 Å². The van der Waals surface area contributed by atoms with Gasteiger partial charge < -0.3 is 10.6 Å². The van der Waals surface area contributed by atoms with E-state index in [9.17, 15) is 0 Å². The number of likely N-dealkylation sites (tertiary alicyclic amines) is 1. The van der Waals surface area contributed by atoms with Crippen LogP contribution < -0.4 is 5.73 Å². The third kappa shape index (κ3) is 1.32. The van der Waals surface area contributed by atoms with Gasteiger partial charge >= 0.3 is 0 Å². The van der Waals surface area contributed by atoms with E-state index in [0.717, 1.165) is 13.0 Å². The van der Waals surface area contributed by atoms with Crippen molar-refractivity contribution in [2.45, 2.75) is 19.4 Å². The van der Waals surface area contributed by atoms with Crippen molar-refractivity contribution in [1.82, 2.24) is 4.90 Å². The predicted molar refractivity (Wildman–Crippen MR) is 43.5 cm³/mol. The van der Waals surface area contributed by atoms with Crippen molar-refractivity contribution >= 4 is 0 Å². The third-order valence-corrected chi connectivity index (χ3v) is 2.30. The number of piperidine rings is 1. The molecule has 0 radical (unpaired) electrons.